The molecule has 7 atom stereocenters. The van der Waals surface area contributed by atoms with Crippen molar-refractivity contribution in [2.75, 3.05) is 13.2 Å². The van der Waals surface area contributed by atoms with Gasteiger partial charge in [-0.15, -0.1) is 0 Å². The van der Waals surface area contributed by atoms with Gasteiger partial charge in [-0.3, -0.25) is 14.9 Å². The lowest BCUT2D eigenvalue weighted by molar-refractivity contribution is -0.163. The van der Waals surface area contributed by atoms with Gasteiger partial charge < -0.3 is 4.90 Å². The van der Waals surface area contributed by atoms with Crippen LogP contribution in [0.25, 0.3) is 0 Å². The highest BCUT2D eigenvalue weighted by Gasteiger charge is 2.62. The monoisotopic (exact) mass is 428 g/mol. The van der Waals surface area contributed by atoms with Crippen LogP contribution in [0.5, 0.6) is 0 Å². The molecule has 7 heteroatoms. The summed E-state index contributed by atoms with van der Waals surface area (Å²) in [5, 5.41) is 1.66. The lowest BCUT2D eigenvalue weighted by atomic mass is 9.47. The van der Waals surface area contributed by atoms with Crippen LogP contribution in [0.3, 0.4) is 0 Å². The van der Waals surface area contributed by atoms with Crippen molar-refractivity contribution >= 4 is 11.8 Å². The van der Waals surface area contributed by atoms with Crippen LogP contribution in [0.1, 0.15) is 72.1 Å². The van der Waals surface area contributed by atoms with Gasteiger partial charge in [-0.2, -0.15) is 8.78 Å². The Morgan fingerprint density at radius 1 is 1.10 bits per heavy atom. The van der Waals surface area contributed by atoms with Crippen molar-refractivity contribution < 1.29 is 22.8 Å². The summed E-state index contributed by atoms with van der Waals surface area (Å²) in [6.07, 6.45) is 6.82. The van der Waals surface area contributed by atoms with E-state index in [0.717, 1.165) is 45.1 Å². The summed E-state index contributed by atoms with van der Waals surface area (Å²) in [4.78, 5) is 27.2. The highest BCUT2D eigenvalue weighted by Crippen LogP contribution is 2.66. The molecule has 0 bridgehead atoms. The second-order valence-electron chi connectivity index (χ2n) is 10.7. The maximum atomic E-state index is 13.5. The molecule has 0 aromatic carbocycles. The number of fused-ring (bicyclic) bond motifs is 5. The van der Waals surface area contributed by atoms with Gasteiger partial charge in [0.15, 0.2) is 6.67 Å². The molecule has 4 nitrogen and oxygen atoms in total. The van der Waals surface area contributed by atoms with Crippen LogP contribution in [0.15, 0.2) is 0 Å². The van der Waals surface area contributed by atoms with Gasteiger partial charge in [0.25, 0.3) is 0 Å². The molecule has 4 rings (SSSR count). The standard InChI is InChI=1S/C23H35F3N2O2/c1-4-28-18-8-5-14-15-6-7-17(20(30)27-23(25,26)13-24)21(15,2)11-9-16(14)22(18,3)12-10-19(28)29/h14-18H,4-13H2,1-3H3,(H,27,30)/t14-,15-,16-,17+,18+,21-,22+/m0/s1. The number of carbonyl (C=O) groups excluding carboxylic acids is 2. The number of alkyl halides is 3. The Bertz CT molecular complexity index is 717. The van der Waals surface area contributed by atoms with Crippen LogP contribution in [-0.4, -0.2) is 42.0 Å². The van der Waals surface area contributed by atoms with Gasteiger partial charge in [0.2, 0.25) is 11.8 Å². The Balaban J connectivity index is 1.55. The normalized spacial score (nSPS) is 43.6. The molecule has 1 heterocycles. The van der Waals surface area contributed by atoms with Crippen LogP contribution in [0, 0.1) is 34.5 Å². The van der Waals surface area contributed by atoms with Crippen molar-refractivity contribution in [1.29, 1.82) is 0 Å². The fourth-order valence-corrected chi connectivity index (χ4v) is 8.12. The molecule has 0 spiro atoms. The Hall–Kier alpha value is -1.27. The number of piperidine rings is 1. The highest BCUT2D eigenvalue weighted by atomic mass is 19.3. The molecule has 0 unspecified atom stereocenters. The van der Waals surface area contributed by atoms with Crippen LogP contribution in [0.4, 0.5) is 13.2 Å². The van der Waals surface area contributed by atoms with E-state index in [1.807, 2.05) is 0 Å². The maximum absolute atomic E-state index is 13.5. The van der Waals surface area contributed by atoms with E-state index in [0.29, 0.717) is 30.6 Å². The Morgan fingerprint density at radius 3 is 2.47 bits per heavy atom. The van der Waals surface area contributed by atoms with E-state index in [9.17, 15) is 22.8 Å². The lowest BCUT2D eigenvalue weighted by Gasteiger charge is -2.62. The molecule has 0 aromatic rings. The van der Waals surface area contributed by atoms with Crippen LogP contribution in [-0.2, 0) is 9.59 Å². The molecule has 170 valence electrons. The summed E-state index contributed by atoms with van der Waals surface area (Å²) in [7, 11) is 0. The molecular formula is C23H35F3N2O2. The third-order valence-corrected chi connectivity index (χ3v) is 9.52. The van der Waals surface area contributed by atoms with Gasteiger partial charge >= 0.3 is 6.05 Å². The van der Waals surface area contributed by atoms with Crippen LogP contribution >= 0.6 is 0 Å². The molecule has 30 heavy (non-hydrogen) atoms. The minimum atomic E-state index is -3.79. The molecule has 0 aromatic heterocycles. The number of nitrogens with zero attached hydrogens (tertiary/aromatic N) is 1. The quantitative estimate of drug-likeness (QED) is 0.669. The zero-order valence-electron chi connectivity index (χ0n) is 18.4. The van der Waals surface area contributed by atoms with Crippen molar-refractivity contribution in [3.05, 3.63) is 0 Å². The third-order valence-electron chi connectivity index (χ3n) is 9.52. The second kappa shape index (κ2) is 7.40. The number of hydrogen-bond donors (Lipinski definition) is 1. The average Bonchev–Trinajstić information content (AvgIpc) is 3.05. The molecule has 1 aliphatic heterocycles. The van der Waals surface area contributed by atoms with Gasteiger partial charge in [0.05, 0.1) is 0 Å². The van der Waals surface area contributed by atoms with E-state index in [4.69, 9.17) is 0 Å². The van der Waals surface area contributed by atoms with Crippen molar-refractivity contribution in [2.24, 2.45) is 34.5 Å². The van der Waals surface area contributed by atoms with E-state index in [-0.39, 0.29) is 22.8 Å². The fourth-order valence-electron chi connectivity index (χ4n) is 8.12. The lowest BCUT2D eigenvalue weighted by Crippen LogP contribution is -2.62. The van der Waals surface area contributed by atoms with Crippen molar-refractivity contribution in [1.82, 2.24) is 10.2 Å². The molecule has 1 saturated heterocycles. The molecule has 3 saturated carbocycles. The SMILES string of the molecule is CCN1C(=O)CC[C@]2(C)[C@H]3CC[C@]4(C)[C@@H](C(=O)NC(F)(F)CF)CC[C@H]4[C@@H]3CC[C@@H]12. The van der Waals surface area contributed by atoms with Crippen molar-refractivity contribution in [2.45, 2.75) is 84.2 Å². The zero-order valence-corrected chi connectivity index (χ0v) is 18.4. The summed E-state index contributed by atoms with van der Waals surface area (Å²) in [5.74, 6) is 0.400. The number of likely N-dealkylation sites (tertiary alicyclic amines) is 1. The molecule has 0 radical (unpaired) electrons. The van der Waals surface area contributed by atoms with E-state index in [1.54, 1.807) is 5.32 Å². The van der Waals surface area contributed by atoms with Crippen LogP contribution < -0.4 is 5.32 Å². The minimum Gasteiger partial charge on any atom is -0.339 e. The second-order valence-corrected chi connectivity index (χ2v) is 10.7. The number of hydrogen-bond acceptors (Lipinski definition) is 2. The predicted molar refractivity (Wildman–Crippen MR) is 107 cm³/mol. The van der Waals surface area contributed by atoms with Crippen LogP contribution in [0.2, 0.25) is 0 Å². The topological polar surface area (TPSA) is 49.4 Å². The molecule has 4 fully saturated rings. The number of halogens is 3. The van der Waals surface area contributed by atoms with Gasteiger partial charge in [0.1, 0.15) is 0 Å². The maximum Gasteiger partial charge on any atom is 0.353 e. The number of carbonyl (C=O) groups is 2. The number of rotatable bonds is 4. The predicted octanol–water partition coefficient (Wildman–Crippen LogP) is 4.53. The first-order chi connectivity index (χ1) is 14.1. The minimum absolute atomic E-state index is 0.0930. The van der Waals surface area contributed by atoms with E-state index in [1.165, 1.54) is 0 Å². The largest absolute Gasteiger partial charge is 0.353 e. The summed E-state index contributed by atoms with van der Waals surface area (Å²) in [6.45, 7) is 5.38. The van der Waals surface area contributed by atoms with E-state index < -0.39 is 24.5 Å². The summed E-state index contributed by atoms with van der Waals surface area (Å²) in [6, 6.07) is -3.50. The number of amides is 2. The van der Waals surface area contributed by atoms with E-state index >= 15 is 0 Å². The van der Waals surface area contributed by atoms with E-state index in [2.05, 4.69) is 25.7 Å². The molecule has 1 N–H and O–H groups in total. The molecule has 2 amide bonds. The van der Waals surface area contributed by atoms with Crippen molar-refractivity contribution in [3.63, 3.8) is 0 Å². The first-order valence-corrected chi connectivity index (χ1v) is 11.6. The highest BCUT2D eigenvalue weighted by molar-refractivity contribution is 5.80. The average molecular weight is 429 g/mol. The summed E-state index contributed by atoms with van der Waals surface area (Å²) < 4.78 is 39.5. The molecule has 4 aliphatic rings. The molecular weight excluding hydrogens is 393 g/mol. The van der Waals surface area contributed by atoms with Gasteiger partial charge in [0, 0.05) is 24.9 Å². The first-order valence-electron chi connectivity index (χ1n) is 11.6. The van der Waals surface area contributed by atoms with Gasteiger partial charge in [-0.1, -0.05) is 13.8 Å². The zero-order chi connectivity index (χ0) is 21.9. The smallest absolute Gasteiger partial charge is 0.339 e. The summed E-state index contributed by atoms with van der Waals surface area (Å²) >= 11 is 0. The Kier molecular flexibility index (Phi) is 5.42. The Morgan fingerprint density at radius 2 is 1.80 bits per heavy atom. The first kappa shape index (κ1) is 21.9. The van der Waals surface area contributed by atoms with Crippen molar-refractivity contribution in [3.8, 4) is 0 Å². The molecule has 3 aliphatic carbocycles. The van der Waals surface area contributed by atoms with Gasteiger partial charge in [-0.05, 0) is 80.5 Å². The summed E-state index contributed by atoms with van der Waals surface area (Å²) in [5.41, 5.74) is -0.217. The third kappa shape index (κ3) is 3.17. The fraction of sp³-hybridized carbons (Fsp3) is 0.913. The van der Waals surface area contributed by atoms with Gasteiger partial charge in [-0.25, -0.2) is 4.39 Å². The Labute approximate surface area is 177 Å². The number of nitrogens with one attached hydrogen (secondary N) is 1.